The van der Waals surface area contributed by atoms with Crippen LogP contribution >= 0.6 is 23.2 Å². The van der Waals surface area contributed by atoms with Crippen LogP contribution in [0.25, 0.3) is 0 Å². The van der Waals surface area contributed by atoms with Gasteiger partial charge in [0, 0.05) is 17.1 Å². The highest BCUT2D eigenvalue weighted by Crippen LogP contribution is 2.32. The van der Waals surface area contributed by atoms with Gasteiger partial charge in [-0.05, 0) is 19.1 Å². The Balaban J connectivity index is 2.10. The summed E-state index contributed by atoms with van der Waals surface area (Å²) in [6.45, 7) is 3.21. The van der Waals surface area contributed by atoms with E-state index in [9.17, 15) is 9.18 Å². The maximum Gasteiger partial charge on any atom is 0.240 e. The number of nitrogens with one attached hydrogen (secondary N) is 2. The van der Waals surface area contributed by atoms with Crippen molar-refractivity contribution in [3.8, 4) is 0 Å². The topological polar surface area (TPSA) is 50.4 Å². The van der Waals surface area contributed by atoms with E-state index in [0.717, 1.165) is 0 Å². The Morgan fingerprint density at radius 2 is 2.30 bits per heavy atom. The third kappa shape index (κ3) is 3.41. The number of hydrogen-bond donors (Lipinski definition) is 2. The van der Waals surface area contributed by atoms with Crippen molar-refractivity contribution in [1.82, 2.24) is 10.6 Å². The first kappa shape index (κ1) is 15.5. The fourth-order valence-electron chi connectivity index (χ4n) is 2.06. The van der Waals surface area contributed by atoms with E-state index >= 15 is 0 Å². The molecule has 2 rings (SSSR count). The Bertz CT molecular complexity index is 507. The molecule has 0 spiro atoms. The molecule has 0 saturated carbocycles. The maximum atomic E-state index is 13.5. The van der Waals surface area contributed by atoms with E-state index in [0.29, 0.717) is 30.3 Å². The number of morpholine rings is 1. The number of rotatable bonds is 3. The number of ether oxygens (including phenoxy) is 1. The van der Waals surface area contributed by atoms with Crippen molar-refractivity contribution in [3.05, 3.63) is 33.6 Å². The van der Waals surface area contributed by atoms with Gasteiger partial charge in [-0.1, -0.05) is 23.2 Å². The van der Waals surface area contributed by atoms with Crippen molar-refractivity contribution in [2.45, 2.75) is 19.0 Å². The molecule has 0 unspecified atom stereocenters. The molecule has 1 amide bonds. The summed E-state index contributed by atoms with van der Waals surface area (Å²) in [4.78, 5) is 12.1. The van der Waals surface area contributed by atoms with Gasteiger partial charge in [0.1, 0.15) is 11.9 Å². The van der Waals surface area contributed by atoms with Crippen LogP contribution in [0.1, 0.15) is 18.5 Å². The molecule has 1 aromatic rings. The van der Waals surface area contributed by atoms with Gasteiger partial charge in [0.2, 0.25) is 5.91 Å². The van der Waals surface area contributed by atoms with Crippen molar-refractivity contribution in [2.24, 2.45) is 0 Å². The molecule has 2 atom stereocenters. The Kier molecular flexibility index (Phi) is 5.21. The molecule has 1 aliphatic rings. The van der Waals surface area contributed by atoms with Crippen LogP contribution in [0.2, 0.25) is 10.0 Å². The second-order valence-electron chi connectivity index (χ2n) is 4.57. The molecular formula is C13H15Cl2FN2O2. The van der Waals surface area contributed by atoms with E-state index in [1.54, 1.807) is 6.92 Å². The van der Waals surface area contributed by atoms with Gasteiger partial charge < -0.3 is 15.4 Å². The Morgan fingerprint density at radius 1 is 1.55 bits per heavy atom. The minimum absolute atomic E-state index is 0.0712. The molecule has 1 saturated heterocycles. The lowest BCUT2D eigenvalue weighted by molar-refractivity contribution is -0.126. The standard InChI is InChI=1S/C13H15Cl2FN2O2/c1-7(11-8(14)2-3-9(16)12(11)15)18-13(19)10-6-20-5-4-17-10/h2-3,7,10,17H,4-6H2,1H3,(H,18,19)/t7-,10+/m1/s1. The maximum absolute atomic E-state index is 13.5. The summed E-state index contributed by atoms with van der Waals surface area (Å²) in [7, 11) is 0. The quantitative estimate of drug-likeness (QED) is 0.840. The van der Waals surface area contributed by atoms with Gasteiger partial charge in [0.15, 0.2) is 0 Å². The highest BCUT2D eigenvalue weighted by atomic mass is 35.5. The largest absolute Gasteiger partial charge is 0.378 e. The van der Waals surface area contributed by atoms with Crippen LogP contribution in [0.5, 0.6) is 0 Å². The predicted molar refractivity (Wildman–Crippen MR) is 75.6 cm³/mol. The van der Waals surface area contributed by atoms with Crippen molar-refractivity contribution >= 4 is 29.1 Å². The summed E-state index contributed by atoms with van der Waals surface area (Å²) in [6.07, 6.45) is 0. The Labute approximate surface area is 126 Å². The van der Waals surface area contributed by atoms with Crippen molar-refractivity contribution in [1.29, 1.82) is 0 Å². The normalized spacial score (nSPS) is 20.5. The van der Waals surface area contributed by atoms with Crippen LogP contribution in [-0.4, -0.2) is 31.7 Å². The predicted octanol–water partition coefficient (Wildman–Crippen LogP) is 2.30. The average Bonchev–Trinajstić information content (AvgIpc) is 2.44. The third-order valence-electron chi connectivity index (χ3n) is 3.11. The minimum Gasteiger partial charge on any atom is -0.378 e. The van der Waals surface area contributed by atoms with Crippen LogP contribution < -0.4 is 10.6 Å². The van der Waals surface area contributed by atoms with Crippen LogP contribution in [0.15, 0.2) is 12.1 Å². The first-order chi connectivity index (χ1) is 9.50. The first-order valence-corrected chi connectivity index (χ1v) is 7.01. The second-order valence-corrected chi connectivity index (χ2v) is 5.35. The van der Waals surface area contributed by atoms with E-state index in [4.69, 9.17) is 27.9 Å². The molecule has 1 aromatic carbocycles. The van der Waals surface area contributed by atoms with Crippen molar-refractivity contribution < 1.29 is 13.9 Å². The summed E-state index contributed by atoms with van der Waals surface area (Å²) >= 11 is 11.9. The zero-order valence-corrected chi connectivity index (χ0v) is 12.4. The zero-order valence-electron chi connectivity index (χ0n) is 10.9. The number of amides is 1. The van der Waals surface area contributed by atoms with Crippen LogP contribution in [-0.2, 0) is 9.53 Å². The summed E-state index contributed by atoms with van der Waals surface area (Å²) in [5.41, 5.74) is 0.374. The highest BCUT2D eigenvalue weighted by Gasteiger charge is 2.25. The van der Waals surface area contributed by atoms with E-state index in [2.05, 4.69) is 10.6 Å². The van der Waals surface area contributed by atoms with Gasteiger partial charge in [-0.25, -0.2) is 4.39 Å². The fraction of sp³-hybridized carbons (Fsp3) is 0.462. The van der Waals surface area contributed by atoms with E-state index in [1.165, 1.54) is 12.1 Å². The number of halogens is 3. The molecule has 0 aliphatic carbocycles. The number of carbonyl (C=O) groups is 1. The first-order valence-electron chi connectivity index (χ1n) is 6.25. The molecule has 0 bridgehead atoms. The molecule has 1 aliphatic heterocycles. The second kappa shape index (κ2) is 6.72. The summed E-state index contributed by atoms with van der Waals surface area (Å²) in [5, 5.41) is 6.04. The van der Waals surface area contributed by atoms with Crippen LogP contribution in [0, 0.1) is 5.82 Å². The molecular weight excluding hydrogens is 306 g/mol. The lowest BCUT2D eigenvalue weighted by Crippen LogP contribution is -2.51. The molecule has 0 radical (unpaired) electrons. The van der Waals surface area contributed by atoms with Gasteiger partial charge in [-0.15, -0.1) is 0 Å². The van der Waals surface area contributed by atoms with E-state index in [1.807, 2.05) is 0 Å². The van der Waals surface area contributed by atoms with Gasteiger partial charge in [-0.2, -0.15) is 0 Å². The molecule has 2 N–H and O–H groups in total. The van der Waals surface area contributed by atoms with Gasteiger partial charge in [0.25, 0.3) is 0 Å². The smallest absolute Gasteiger partial charge is 0.240 e. The summed E-state index contributed by atoms with van der Waals surface area (Å²) in [6, 6.07) is 1.70. The Hall–Kier alpha value is -0.880. The molecule has 20 heavy (non-hydrogen) atoms. The van der Waals surface area contributed by atoms with Gasteiger partial charge >= 0.3 is 0 Å². The lowest BCUT2D eigenvalue weighted by atomic mass is 10.1. The molecule has 4 nitrogen and oxygen atoms in total. The van der Waals surface area contributed by atoms with Gasteiger partial charge in [-0.3, -0.25) is 4.79 Å². The fourth-order valence-corrected chi connectivity index (χ4v) is 2.76. The number of carbonyl (C=O) groups excluding carboxylic acids is 1. The molecule has 0 aromatic heterocycles. The molecule has 110 valence electrons. The zero-order chi connectivity index (χ0) is 14.7. The van der Waals surface area contributed by atoms with Crippen molar-refractivity contribution in [2.75, 3.05) is 19.8 Å². The van der Waals surface area contributed by atoms with Gasteiger partial charge in [0.05, 0.1) is 24.3 Å². The summed E-state index contributed by atoms with van der Waals surface area (Å²) < 4.78 is 18.7. The van der Waals surface area contributed by atoms with Crippen LogP contribution in [0.3, 0.4) is 0 Å². The molecule has 1 heterocycles. The van der Waals surface area contributed by atoms with E-state index < -0.39 is 17.9 Å². The van der Waals surface area contributed by atoms with Crippen LogP contribution in [0.4, 0.5) is 4.39 Å². The lowest BCUT2D eigenvalue weighted by Gasteiger charge is -2.25. The third-order valence-corrected chi connectivity index (χ3v) is 3.82. The average molecular weight is 321 g/mol. The monoisotopic (exact) mass is 320 g/mol. The number of benzene rings is 1. The molecule has 1 fully saturated rings. The SMILES string of the molecule is C[C@@H](NC(=O)[C@@H]1COCCN1)c1c(Cl)ccc(F)c1Cl. The minimum atomic E-state index is -0.564. The summed E-state index contributed by atoms with van der Waals surface area (Å²) in [5.74, 6) is -0.792. The molecule has 7 heteroatoms. The Morgan fingerprint density at radius 3 is 2.95 bits per heavy atom. The highest BCUT2D eigenvalue weighted by molar-refractivity contribution is 6.36. The van der Waals surface area contributed by atoms with E-state index in [-0.39, 0.29) is 10.9 Å². The number of hydrogen-bond acceptors (Lipinski definition) is 3. The van der Waals surface area contributed by atoms with Crippen molar-refractivity contribution in [3.63, 3.8) is 0 Å².